The van der Waals surface area contributed by atoms with Crippen LogP contribution < -0.4 is 4.74 Å². The number of ketones is 1. The average molecular weight is 357 g/mol. The molecule has 0 radical (unpaired) electrons. The van der Waals surface area contributed by atoms with Gasteiger partial charge in [-0.3, -0.25) is 9.48 Å². The molecular formula is C19H17ClN2O3. The molecule has 3 aromatic rings. The smallest absolute Gasteiger partial charge is 0.203 e. The summed E-state index contributed by atoms with van der Waals surface area (Å²) in [5, 5.41) is 4.64. The van der Waals surface area contributed by atoms with Gasteiger partial charge in [-0.1, -0.05) is 17.7 Å². The van der Waals surface area contributed by atoms with Crippen molar-refractivity contribution in [2.24, 2.45) is 7.05 Å². The lowest BCUT2D eigenvalue weighted by Gasteiger charge is -2.08. The SMILES string of the molecule is Cc1c(Cl)cccc1OCc1ccc(/C=C/C(=O)c2ccnn2C)o1. The summed E-state index contributed by atoms with van der Waals surface area (Å²) in [7, 11) is 1.72. The zero-order valence-corrected chi connectivity index (χ0v) is 14.7. The third-order valence-electron chi connectivity index (χ3n) is 3.74. The minimum atomic E-state index is -0.135. The summed E-state index contributed by atoms with van der Waals surface area (Å²) < 4.78 is 12.9. The molecule has 128 valence electrons. The highest BCUT2D eigenvalue weighted by Gasteiger charge is 2.08. The molecule has 0 atom stereocenters. The minimum absolute atomic E-state index is 0.135. The lowest BCUT2D eigenvalue weighted by molar-refractivity contribution is 0.103. The van der Waals surface area contributed by atoms with Gasteiger partial charge in [-0.15, -0.1) is 0 Å². The fourth-order valence-corrected chi connectivity index (χ4v) is 2.48. The first kappa shape index (κ1) is 17.0. The molecule has 0 N–H and O–H groups in total. The molecule has 6 heteroatoms. The van der Waals surface area contributed by atoms with Crippen LogP contribution in [0.2, 0.25) is 5.02 Å². The Morgan fingerprint density at radius 1 is 1.32 bits per heavy atom. The number of halogens is 1. The van der Waals surface area contributed by atoms with Crippen LogP contribution in [0.15, 0.2) is 53.1 Å². The van der Waals surface area contributed by atoms with Gasteiger partial charge in [0.15, 0.2) is 0 Å². The average Bonchev–Trinajstić information content (AvgIpc) is 3.23. The Hall–Kier alpha value is -2.79. The Kier molecular flexibility index (Phi) is 5.05. The topological polar surface area (TPSA) is 57.3 Å². The molecule has 2 heterocycles. The van der Waals surface area contributed by atoms with Crippen LogP contribution in [0.25, 0.3) is 6.08 Å². The van der Waals surface area contributed by atoms with Crippen molar-refractivity contribution in [2.75, 3.05) is 0 Å². The summed E-state index contributed by atoms with van der Waals surface area (Å²) >= 11 is 6.07. The first-order valence-electron chi connectivity index (χ1n) is 7.71. The number of furan rings is 1. The molecule has 0 amide bonds. The summed E-state index contributed by atoms with van der Waals surface area (Å²) in [5.41, 5.74) is 1.40. The van der Waals surface area contributed by atoms with Gasteiger partial charge < -0.3 is 9.15 Å². The number of benzene rings is 1. The molecule has 25 heavy (non-hydrogen) atoms. The minimum Gasteiger partial charge on any atom is -0.485 e. The number of ether oxygens (including phenoxy) is 1. The quantitative estimate of drug-likeness (QED) is 0.483. The lowest BCUT2D eigenvalue weighted by Crippen LogP contribution is -2.03. The number of aryl methyl sites for hydroxylation is 1. The second-order valence-corrected chi connectivity index (χ2v) is 5.90. The Morgan fingerprint density at radius 2 is 2.16 bits per heavy atom. The van der Waals surface area contributed by atoms with Gasteiger partial charge in [0.05, 0.1) is 0 Å². The number of carbonyl (C=O) groups excluding carboxylic acids is 1. The van der Waals surface area contributed by atoms with E-state index < -0.39 is 0 Å². The lowest BCUT2D eigenvalue weighted by atomic mass is 10.2. The molecular weight excluding hydrogens is 340 g/mol. The van der Waals surface area contributed by atoms with Gasteiger partial charge >= 0.3 is 0 Å². The summed E-state index contributed by atoms with van der Waals surface area (Å²) in [6, 6.07) is 10.8. The predicted octanol–water partition coefficient (Wildman–Crippen LogP) is 4.45. The van der Waals surface area contributed by atoms with E-state index in [-0.39, 0.29) is 12.4 Å². The fourth-order valence-electron chi connectivity index (χ4n) is 2.31. The number of nitrogens with zero attached hydrogens (tertiary/aromatic N) is 2. The van der Waals surface area contributed by atoms with Crippen LogP contribution in [0, 0.1) is 6.92 Å². The zero-order chi connectivity index (χ0) is 17.8. The number of aromatic nitrogens is 2. The molecule has 0 aliphatic heterocycles. The molecule has 0 saturated heterocycles. The van der Waals surface area contributed by atoms with E-state index in [1.54, 1.807) is 31.5 Å². The normalized spacial score (nSPS) is 11.2. The molecule has 3 rings (SSSR count). The number of hydrogen-bond acceptors (Lipinski definition) is 4. The Labute approximate surface area is 150 Å². The van der Waals surface area contributed by atoms with Crippen molar-refractivity contribution < 1.29 is 13.9 Å². The van der Waals surface area contributed by atoms with Gasteiger partial charge in [0.1, 0.15) is 29.6 Å². The van der Waals surface area contributed by atoms with Gasteiger partial charge in [0.25, 0.3) is 0 Å². The summed E-state index contributed by atoms with van der Waals surface area (Å²) in [5.74, 6) is 1.82. The maximum absolute atomic E-state index is 12.1. The molecule has 0 bridgehead atoms. The van der Waals surface area contributed by atoms with Crippen molar-refractivity contribution in [1.82, 2.24) is 9.78 Å². The summed E-state index contributed by atoms with van der Waals surface area (Å²) in [6.45, 7) is 2.18. The van der Waals surface area contributed by atoms with Crippen molar-refractivity contribution in [3.8, 4) is 5.75 Å². The second-order valence-electron chi connectivity index (χ2n) is 5.49. The zero-order valence-electron chi connectivity index (χ0n) is 13.9. The highest BCUT2D eigenvalue weighted by molar-refractivity contribution is 6.31. The molecule has 2 aromatic heterocycles. The highest BCUT2D eigenvalue weighted by atomic mass is 35.5. The van der Waals surface area contributed by atoms with Crippen LogP contribution >= 0.6 is 11.6 Å². The van der Waals surface area contributed by atoms with E-state index >= 15 is 0 Å². The van der Waals surface area contributed by atoms with Crippen LogP contribution in [0.5, 0.6) is 5.75 Å². The first-order chi connectivity index (χ1) is 12.0. The van der Waals surface area contributed by atoms with E-state index in [0.717, 1.165) is 5.56 Å². The van der Waals surface area contributed by atoms with E-state index in [1.165, 1.54) is 10.8 Å². The van der Waals surface area contributed by atoms with E-state index in [9.17, 15) is 4.79 Å². The van der Waals surface area contributed by atoms with Crippen molar-refractivity contribution in [3.63, 3.8) is 0 Å². The van der Waals surface area contributed by atoms with Crippen molar-refractivity contribution >= 4 is 23.5 Å². The van der Waals surface area contributed by atoms with Crippen molar-refractivity contribution in [3.05, 3.63) is 76.5 Å². The molecule has 0 spiro atoms. The van der Waals surface area contributed by atoms with Crippen molar-refractivity contribution in [1.29, 1.82) is 0 Å². The number of rotatable bonds is 6. The van der Waals surface area contributed by atoms with Crippen LogP contribution in [-0.2, 0) is 13.7 Å². The predicted molar refractivity (Wildman–Crippen MR) is 95.8 cm³/mol. The Morgan fingerprint density at radius 3 is 2.92 bits per heavy atom. The standard InChI is InChI=1S/C19H17ClN2O3/c1-13-16(20)4-3-5-19(13)24-12-15-7-6-14(25-15)8-9-18(23)17-10-11-21-22(17)2/h3-11H,12H2,1-2H3/b9-8+. The number of hydrogen-bond donors (Lipinski definition) is 0. The van der Waals surface area contributed by atoms with Gasteiger partial charge in [0, 0.05) is 23.8 Å². The molecule has 1 aromatic carbocycles. The molecule has 0 saturated carbocycles. The Bertz CT molecular complexity index is 924. The summed E-state index contributed by atoms with van der Waals surface area (Å²) in [4.78, 5) is 12.1. The molecule has 0 fully saturated rings. The monoisotopic (exact) mass is 356 g/mol. The highest BCUT2D eigenvalue weighted by Crippen LogP contribution is 2.26. The van der Waals surface area contributed by atoms with Crippen molar-refractivity contribution in [2.45, 2.75) is 13.5 Å². The maximum atomic E-state index is 12.1. The molecule has 0 unspecified atom stereocenters. The van der Waals surface area contributed by atoms with Crippen LogP contribution in [0.1, 0.15) is 27.6 Å². The molecule has 5 nitrogen and oxygen atoms in total. The van der Waals surface area contributed by atoms with Crippen LogP contribution in [0.4, 0.5) is 0 Å². The van der Waals surface area contributed by atoms with Gasteiger partial charge in [0.2, 0.25) is 5.78 Å². The number of allylic oxidation sites excluding steroid dienone is 1. The fraction of sp³-hybridized carbons (Fsp3) is 0.158. The molecule has 0 aliphatic carbocycles. The maximum Gasteiger partial charge on any atom is 0.203 e. The van der Waals surface area contributed by atoms with E-state index in [2.05, 4.69) is 5.10 Å². The van der Waals surface area contributed by atoms with Crippen LogP contribution in [-0.4, -0.2) is 15.6 Å². The third kappa shape index (κ3) is 4.00. The first-order valence-corrected chi connectivity index (χ1v) is 8.09. The van der Waals surface area contributed by atoms with E-state index in [4.69, 9.17) is 20.8 Å². The second kappa shape index (κ2) is 7.40. The van der Waals surface area contributed by atoms with Gasteiger partial charge in [-0.2, -0.15) is 5.10 Å². The van der Waals surface area contributed by atoms with Gasteiger partial charge in [-0.25, -0.2) is 0 Å². The number of carbonyl (C=O) groups is 1. The van der Waals surface area contributed by atoms with E-state index in [1.807, 2.05) is 31.2 Å². The third-order valence-corrected chi connectivity index (χ3v) is 4.15. The molecule has 0 aliphatic rings. The van der Waals surface area contributed by atoms with E-state index in [0.29, 0.717) is 28.0 Å². The van der Waals surface area contributed by atoms with Crippen LogP contribution in [0.3, 0.4) is 0 Å². The Balaban J connectivity index is 1.62. The van der Waals surface area contributed by atoms with Gasteiger partial charge in [-0.05, 0) is 49.4 Å². The summed E-state index contributed by atoms with van der Waals surface area (Å²) in [6.07, 6.45) is 4.67. The largest absolute Gasteiger partial charge is 0.485 e.